The maximum absolute atomic E-state index is 10.9. The first-order valence-electron chi connectivity index (χ1n) is 4.65. The first kappa shape index (κ1) is 12.1. The molecule has 0 saturated heterocycles. The van der Waals surface area contributed by atoms with Crippen LogP contribution < -0.4 is 27.5 Å². The van der Waals surface area contributed by atoms with Gasteiger partial charge < -0.3 is 11.5 Å². The molecule has 1 aromatic heterocycles. The number of hydrogen-bond donors (Lipinski definition) is 4. The van der Waals surface area contributed by atoms with Crippen LogP contribution in [0.2, 0.25) is 0 Å². The van der Waals surface area contributed by atoms with Crippen molar-refractivity contribution in [2.75, 3.05) is 10.9 Å². The van der Waals surface area contributed by atoms with E-state index in [1.54, 1.807) is 0 Å². The summed E-state index contributed by atoms with van der Waals surface area (Å²) in [6.45, 7) is 0. The van der Waals surface area contributed by atoms with Gasteiger partial charge >= 0.3 is 11.4 Å². The molecular weight excluding hydrogens is 262 g/mol. The lowest BCUT2D eigenvalue weighted by atomic mass is 10.3. The molecule has 2 rings (SSSR count). The number of nitrogens with two attached hydrogens (primary N) is 2. The summed E-state index contributed by atoms with van der Waals surface area (Å²) in [7, 11) is 0. The molecule has 0 atom stereocenters. The van der Waals surface area contributed by atoms with Crippen molar-refractivity contribution in [3.63, 3.8) is 0 Å². The van der Waals surface area contributed by atoms with E-state index >= 15 is 0 Å². The molecule has 6 N–H and O–H groups in total. The van der Waals surface area contributed by atoms with E-state index < -0.39 is 27.0 Å². The first-order chi connectivity index (χ1) is 8.90. The fourth-order valence-corrected chi connectivity index (χ4v) is 1.31. The van der Waals surface area contributed by atoms with E-state index in [0.29, 0.717) is 6.07 Å². The molecule has 0 unspecified atom stereocenters. The van der Waals surface area contributed by atoms with Crippen LogP contribution in [0.5, 0.6) is 0 Å². The zero-order chi connectivity index (χ0) is 14.2. The zero-order valence-electron chi connectivity index (χ0n) is 9.10. The van der Waals surface area contributed by atoms with Gasteiger partial charge in [0.05, 0.1) is 9.85 Å². The molecule has 1 aromatic rings. The van der Waals surface area contributed by atoms with E-state index in [1.807, 2.05) is 0 Å². The summed E-state index contributed by atoms with van der Waals surface area (Å²) in [5.41, 5.74) is 14.1. The number of hydrogen-bond acceptors (Lipinski definition) is 11. The third-order valence-electron chi connectivity index (χ3n) is 2.09. The van der Waals surface area contributed by atoms with Crippen molar-refractivity contribution in [1.29, 1.82) is 0 Å². The minimum atomic E-state index is -0.866. The van der Waals surface area contributed by atoms with Gasteiger partial charge in [0.15, 0.2) is 0 Å². The van der Waals surface area contributed by atoms with Gasteiger partial charge in [0.25, 0.3) is 5.82 Å². The van der Waals surface area contributed by atoms with Gasteiger partial charge in [0, 0.05) is 0 Å². The van der Waals surface area contributed by atoms with Gasteiger partial charge in [-0.2, -0.15) is 15.6 Å². The minimum absolute atomic E-state index is 0.0620. The number of guanidine groups is 1. The Morgan fingerprint density at radius 1 is 1.21 bits per heavy atom. The quantitative estimate of drug-likeness (QED) is 0.372. The highest BCUT2D eigenvalue weighted by molar-refractivity contribution is 5.82. The highest BCUT2D eigenvalue weighted by Crippen LogP contribution is 2.32. The number of hydrazone groups is 1. The molecule has 19 heavy (non-hydrogen) atoms. The van der Waals surface area contributed by atoms with E-state index in [-0.39, 0.29) is 11.8 Å². The number of nitro groups is 2. The lowest BCUT2D eigenvalue weighted by molar-refractivity contribution is -0.393. The smallest absolute Gasteiger partial charge is 0.322 e. The summed E-state index contributed by atoms with van der Waals surface area (Å²) in [5.74, 6) is -0.843. The SMILES string of the molecule is NC1=NNN(c2nc(N)c([N+](=O)[O-])cc2[N+](=O)[O-])N1. The number of anilines is 2. The lowest BCUT2D eigenvalue weighted by Crippen LogP contribution is -2.44. The summed E-state index contributed by atoms with van der Waals surface area (Å²) < 4.78 is 0. The molecule has 1 aliphatic heterocycles. The molecule has 2 heterocycles. The summed E-state index contributed by atoms with van der Waals surface area (Å²) in [6.07, 6.45) is 0. The lowest BCUT2D eigenvalue weighted by Gasteiger charge is -2.15. The second-order valence-corrected chi connectivity index (χ2v) is 3.29. The minimum Gasteiger partial charge on any atom is -0.378 e. The molecule has 0 amide bonds. The van der Waals surface area contributed by atoms with Crippen LogP contribution in [0.25, 0.3) is 0 Å². The largest absolute Gasteiger partial charge is 0.378 e. The molecule has 0 fully saturated rings. The van der Waals surface area contributed by atoms with Gasteiger partial charge in [-0.15, -0.1) is 5.10 Å². The molecule has 0 spiro atoms. The molecule has 0 aromatic carbocycles. The van der Waals surface area contributed by atoms with Crippen molar-refractivity contribution in [3.05, 3.63) is 26.3 Å². The van der Waals surface area contributed by atoms with Crippen molar-refractivity contribution in [2.45, 2.75) is 0 Å². The summed E-state index contributed by atoms with van der Waals surface area (Å²) in [6, 6.07) is 0.704. The van der Waals surface area contributed by atoms with Crippen LogP contribution in [0.1, 0.15) is 0 Å². The molecule has 0 saturated carbocycles. The van der Waals surface area contributed by atoms with E-state index in [2.05, 4.69) is 21.0 Å². The summed E-state index contributed by atoms with van der Waals surface area (Å²) >= 11 is 0. The maximum Gasteiger partial charge on any atom is 0.322 e. The van der Waals surface area contributed by atoms with Gasteiger partial charge in [-0.05, 0) is 0 Å². The molecule has 1 aliphatic rings. The Morgan fingerprint density at radius 2 is 1.84 bits per heavy atom. The maximum atomic E-state index is 10.9. The van der Waals surface area contributed by atoms with E-state index in [9.17, 15) is 20.2 Å². The Balaban J connectivity index is 2.51. The topological polar surface area (TPSA) is 191 Å². The second kappa shape index (κ2) is 4.13. The fourth-order valence-electron chi connectivity index (χ4n) is 1.31. The highest BCUT2D eigenvalue weighted by atomic mass is 16.6. The molecule has 13 nitrogen and oxygen atoms in total. The average Bonchev–Trinajstić information content (AvgIpc) is 2.74. The number of nitrogens with one attached hydrogen (secondary N) is 2. The standard InChI is InChI=1S/C6H7N9O4/c7-4-2(14(16)17)1-3(15(18)19)5(9-4)13-11-6(8)10-12-13/h1,12H,(H2,7,9)(H3,8,10,11). The number of rotatable bonds is 3. The number of nitrogens with zero attached hydrogens (tertiary/aromatic N) is 5. The molecule has 0 radical (unpaired) electrons. The van der Waals surface area contributed by atoms with Crippen LogP contribution in [0.3, 0.4) is 0 Å². The molecule has 0 aliphatic carbocycles. The number of pyridine rings is 1. The Hall–Kier alpha value is -3.38. The van der Waals surface area contributed by atoms with Crippen molar-refractivity contribution in [2.24, 2.45) is 10.8 Å². The van der Waals surface area contributed by atoms with E-state index in [4.69, 9.17) is 11.5 Å². The Bertz CT molecular complexity index is 599. The normalized spacial score (nSPS) is 13.5. The van der Waals surface area contributed by atoms with Crippen LogP contribution in [-0.4, -0.2) is 20.8 Å². The zero-order valence-corrected chi connectivity index (χ0v) is 9.10. The van der Waals surface area contributed by atoms with Crippen molar-refractivity contribution in [3.8, 4) is 0 Å². The monoisotopic (exact) mass is 269 g/mol. The van der Waals surface area contributed by atoms with Gasteiger partial charge in [-0.1, -0.05) is 0 Å². The van der Waals surface area contributed by atoms with Gasteiger partial charge in [0.1, 0.15) is 6.07 Å². The Morgan fingerprint density at radius 3 is 2.32 bits per heavy atom. The van der Waals surface area contributed by atoms with E-state index in [1.165, 1.54) is 0 Å². The fraction of sp³-hybridized carbons (Fsp3) is 0. The predicted molar refractivity (Wildman–Crippen MR) is 62.3 cm³/mol. The van der Waals surface area contributed by atoms with Crippen LogP contribution in [0, 0.1) is 20.2 Å². The van der Waals surface area contributed by atoms with Crippen LogP contribution in [0.4, 0.5) is 23.0 Å². The average molecular weight is 269 g/mol. The second-order valence-electron chi connectivity index (χ2n) is 3.29. The Kier molecular flexibility index (Phi) is 2.63. The van der Waals surface area contributed by atoms with Gasteiger partial charge in [-0.3, -0.25) is 20.2 Å². The van der Waals surface area contributed by atoms with Crippen LogP contribution in [-0.2, 0) is 0 Å². The summed E-state index contributed by atoms with van der Waals surface area (Å²) in [4.78, 5) is 23.4. The molecule has 0 bridgehead atoms. The third kappa shape index (κ3) is 2.06. The van der Waals surface area contributed by atoms with Crippen molar-refractivity contribution >= 4 is 29.0 Å². The van der Waals surface area contributed by atoms with Crippen LogP contribution in [0.15, 0.2) is 11.2 Å². The van der Waals surface area contributed by atoms with Gasteiger partial charge in [-0.25, -0.2) is 5.43 Å². The molecule has 100 valence electrons. The predicted octanol–water partition coefficient (Wildman–Crippen LogP) is -1.46. The van der Waals surface area contributed by atoms with Gasteiger partial charge in [0.2, 0.25) is 11.8 Å². The van der Waals surface area contributed by atoms with Crippen molar-refractivity contribution < 1.29 is 9.85 Å². The first-order valence-corrected chi connectivity index (χ1v) is 4.65. The molecule has 13 heteroatoms. The summed E-state index contributed by atoms with van der Waals surface area (Å²) in [5, 5.41) is 26.0. The van der Waals surface area contributed by atoms with Crippen LogP contribution >= 0.6 is 0 Å². The van der Waals surface area contributed by atoms with Crippen molar-refractivity contribution in [1.82, 2.24) is 15.9 Å². The number of aromatic nitrogens is 1. The number of hydrazine groups is 2. The third-order valence-corrected chi connectivity index (χ3v) is 2.09. The Labute approximate surface area is 104 Å². The van der Waals surface area contributed by atoms with E-state index in [0.717, 1.165) is 5.12 Å². The molecular formula is C6H7N9O4. The number of nitrogen functional groups attached to an aromatic ring is 1. The highest BCUT2D eigenvalue weighted by Gasteiger charge is 2.30.